The lowest BCUT2D eigenvalue weighted by atomic mass is 9.97. The number of aromatic nitrogens is 1. The molecule has 0 saturated carbocycles. The molecule has 1 amide bonds. The molecule has 0 radical (unpaired) electrons. The summed E-state index contributed by atoms with van der Waals surface area (Å²) < 4.78 is 0. The van der Waals surface area contributed by atoms with Gasteiger partial charge in [-0.2, -0.15) is 5.10 Å². The molecule has 144 valence electrons. The van der Waals surface area contributed by atoms with Crippen LogP contribution in [0, 0.1) is 6.92 Å². The van der Waals surface area contributed by atoms with Crippen LogP contribution in [-0.4, -0.2) is 17.1 Å². The zero-order valence-electron chi connectivity index (χ0n) is 16.5. The number of amides is 1. The first-order valence-electron chi connectivity index (χ1n) is 9.81. The third-order valence-corrected chi connectivity index (χ3v) is 5.26. The summed E-state index contributed by atoms with van der Waals surface area (Å²) in [5.74, 6) is -0.252. The van der Waals surface area contributed by atoms with E-state index < -0.39 is 0 Å². The third-order valence-electron chi connectivity index (χ3n) is 5.26. The standard InChI is InChI=1S/C26H19N3O/c1-17-14-23(22-12-6-7-13-25(22)28-17)26(30)29-27-16-24-20-10-4-2-8-18(20)15-19-9-3-5-11-21(19)24/h2-16H,1H3,(H,29,30). The van der Waals surface area contributed by atoms with Gasteiger partial charge < -0.3 is 0 Å². The van der Waals surface area contributed by atoms with E-state index in [9.17, 15) is 4.79 Å². The van der Waals surface area contributed by atoms with E-state index in [4.69, 9.17) is 0 Å². The van der Waals surface area contributed by atoms with Gasteiger partial charge in [0.15, 0.2) is 0 Å². The van der Waals surface area contributed by atoms with Crippen LogP contribution in [0.1, 0.15) is 21.6 Å². The van der Waals surface area contributed by atoms with Gasteiger partial charge in [-0.15, -0.1) is 0 Å². The number of benzene rings is 4. The second kappa shape index (κ2) is 7.41. The minimum atomic E-state index is -0.252. The lowest BCUT2D eigenvalue weighted by molar-refractivity contribution is 0.0956. The Hall–Kier alpha value is -4.05. The molecular formula is C26H19N3O. The van der Waals surface area contributed by atoms with E-state index in [0.717, 1.165) is 43.7 Å². The Morgan fingerprint density at radius 3 is 2.13 bits per heavy atom. The number of para-hydroxylation sites is 1. The highest BCUT2D eigenvalue weighted by Crippen LogP contribution is 2.27. The quantitative estimate of drug-likeness (QED) is 0.248. The molecule has 0 fully saturated rings. The lowest BCUT2D eigenvalue weighted by Gasteiger charge is -2.08. The van der Waals surface area contributed by atoms with Gasteiger partial charge in [-0.05, 0) is 46.7 Å². The molecular weight excluding hydrogens is 370 g/mol. The summed E-state index contributed by atoms with van der Waals surface area (Å²) in [6, 6.07) is 28.0. The van der Waals surface area contributed by atoms with Gasteiger partial charge in [-0.3, -0.25) is 9.78 Å². The lowest BCUT2D eigenvalue weighted by Crippen LogP contribution is -2.18. The van der Waals surface area contributed by atoms with Crippen molar-refractivity contribution >= 4 is 44.6 Å². The largest absolute Gasteiger partial charge is 0.272 e. The van der Waals surface area contributed by atoms with Gasteiger partial charge in [-0.1, -0.05) is 66.7 Å². The van der Waals surface area contributed by atoms with Crippen LogP contribution in [0.2, 0.25) is 0 Å². The van der Waals surface area contributed by atoms with E-state index in [1.807, 2.05) is 55.5 Å². The van der Waals surface area contributed by atoms with E-state index >= 15 is 0 Å². The number of pyridine rings is 1. The van der Waals surface area contributed by atoms with Crippen molar-refractivity contribution < 1.29 is 4.79 Å². The normalized spacial score (nSPS) is 11.5. The number of fused-ring (bicyclic) bond motifs is 3. The highest BCUT2D eigenvalue weighted by atomic mass is 16.2. The number of hydrogen-bond donors (Lipinski definition) is 1. The fourth-order valence-corrected chi connectivity index (χ4v) is 3.90. The third kappa shape index (κ3) is 3.18. The number of nitrogens with one attached hydrogen (secondary N) is 1. The van der Waals surface area contributed by atoms with Gasteiger partial charge in [-0.25, -0.2) is 5.43 Å². The first-order valence-corrected chi connectivity index (χ1v) is 9.81. The molecule has 0 saturated heterocycles. The maximum atomic E-state index is 12.9. The number of carbonyl (C=O) groups excluding carboxylic acids is 1. The Bertz CT molecular complexity index is 1400. The van der Waals surface area contributed by atoms with Crippen molar-refractivity contribution in [3.8, 4) is 0 Å². The highest BCUT2D eigenvalue weighted by molar-refractivity contribution is 6.13. The highest BCUT2D eigenvalue weighted by Gasteiger charge is 2.11. The summed E-state index contributed by atoms with van der Waals surface area (Å²) >= 11 is 0. The molecule has 0 aliphatic carbocycles. The maximum Gasteiger partial charge on any atom is 0.272 e. The molecule has 0 unspecified atom stereocenters. The number of carbonyl (C=O) groups is 1. The smallest absolute Gasteiger partial charge is 0.267 e. The van der Waals surface area contributed by atoms with Crippen LogP contribution in [0.25, 0.3) is 32.4 Å². The van der Waals surface area contributed by atoms with Gasteiger partial charge in [0.2, 0.25) is 0 Å². The van der Waals surface area contributed by atoms with Crippen LogP contribution in [0.15, 0.2) is 90.0 Å². The molecule has 0 aliphatic heterocycles. The molecule has 0 spiro atoms. The molecule has 0 aliphatic rings. The number of hydrogen-bond acceptors (Lipinski definition) is 3. The summed E-state index contributed by atoms with van der Waals surface area (Å²) in [7, 11) is 0. The van der Waals surface area contributed by atoms with Crippen molar-refractivity contribution in [1.82, 2.24) is 10.4 Å². The predicted molar refractivity (Wildman–Crippen MR) is 123 cm³/mol. The average molecular weight is 389 g/mol. The van der Waals surface area contributed by atoms with E-state index in [0.29, 0.717) is 5.56 Å². The molecule has 4 heteroatoms. The molecule has 0 atom stereocenters. The number of nitrogens with zero attached hydrogens (tertiary/aromatic N) is 2. The van der Waals surface area contributed by atoms with Crippen LogP contribution in [0.4, 0.5) is 0 Å². The first kappa shape index (κ1) is 18.0. The molecule has 4 aromatic carbocycles. The molecule has 30 heavy (non-hydrogen) atoms. The molecule has 0 bridgehead atoms. The van der Waals surface area contributed by atoms with Crippen molar-refractivity contribution in [3.63, 3.8) is 0 Å². The van der Waals surface area contributed by atoms with Crippen molar-refractivity contribution in [2.75, 3.05) is 0 Å². The van der Waals surface area contributed by atoms with E-state index in [2.05, 4.69) is 45.8 Å². The predicted octanol–water partition coefficient (Wildman–Crippen LogP) is 5.61. The average Bonchev–Trinajstić information content (AvgIpc) is 2.78. The molecule has 5 aromatic rings. The second-order valence-electron chi connectivity index (χ2n) is 7.26. The van der Waals surface area contributed by atoms with Crippen molar-refractivity contribution in [2.45, 2.75) is 6.92 Å². The van der Waals surface area contributed by atoms with Crippen molar-refractivity contribution in [3.05, 3.63) is 102 Å². The van der Waals surface area contributed by atoms with Gasteiger partial charge in [0.1, 0.15) is 0 Å². The molecule has 1 N–H and O–H groups in total. The second-order valence-corrected chi connectivity index (χ2v) is 7.26. The van der Waals surface area contributed by atoms with E-state index in [1.54, 1.807) is 12.3 Å². The Labute approximate surface area is 173 Å². The van der Waals surface area contributed by atoms with Gasteiger partial charge in [0, 0.05) is 16.6 Å². The molecule has 1 aromatic heterocycles. The van der Waals surface area contributed by atoms with Crippen LogP contribution >= 0.6 is 0 Å². The number of aryl methyl sites for hydroxylation is 1. The minimum Gasteiger partial charge on any atom is -0.267 e. The zero-order valence-corrected chi connectivity index (χ0v) is 16.5. The SMILES string of the molecule is Cc1cc(C(=O)NN=Cc2c3ccccc3cc3ccccc23)c2ccccc2n1. The number of hydrazone groups is 1. The Morgan fingerprint density at radius 1 is 0.833 bits per heavy atom. The maximum absolute atomic E-state index is 12.9. The summed E-state index contributed by atoms with van der Waals surface area (Å²) in [6.45, 7) is 1.88. The summed E-state index contributed by atoms with van der Waals surface area (Å²) in [5, 5.41) is 9.59. The monoisotopic (exact) mass is 389 g/mol. The van der Waals surface area contributed by atoms with Crippen LogP contribution < -0.4 is 5.43 Å². The van der Waals surface area contributed by atoms with Crippen molar-refractivity contribution in [2.24, 2.45) is 5.10 Å². The molecule has 1 heterocycles. The zero-order chi connectivity index (χ0) is 20.5. The fourth-order valence-electron chi connectivity index (χ4n) is 3.90. The summed E-state index contributed by atoms with van der Waals surface area (Å²) in [5.41, 5.74) is 5.84. The van der Waals surface area contributed by atoms with Gasteiger partial charge >= 0.3 is 0 Å². The van der Waals surface area contributed by atoms with Crippen molar-refractivity contribution in [1.29, 1.82) is 0 Å². The Morgan fingerprint density at radius 2 is 1.43 bits per heavy atom. The molecule has 4 nitrogen and oxygen atoms in total. The number of rotatable bonds is 3. The van der Waals surface area contributed by atoms with Crippen LogP contribution in [0.3, 0.4) is 0 Å². The van der Waals surface area contributed by atoms with Crippen LogP contribution in [-0.2, 0) is 0 Å². The van der Waals surface area contributed by atoms with E-state index in [-0.39, 0.29) is 5.91 Å². The van der Waals surface area contributed by atoms with Gasteiger partial charge in [0.05, 0.1) is 17.3 Å². The molecule has 5 rings (SSSR count). The van der Waals surface area contributed by atoms with Gasteiger partial charge in [0.25, 0.3) is 5.91 Å². The topological polar surface area (TPSA) is 54.4 Å². The minimum absolute atomic E-state index is 0.252. The summed E-state index contributed by atoms with van der Waals surface area (Å²) in [6.07, 6.45) is 1.73. The van der Waals surface area contributed by atoms with Crippen LogP contribution in [0.5, 0.6) is 0 Å². The first-order chi connectivity index (χ1) is 14.7. The Balaban J connectivity index is 1.54. The Kier molecular flexibility index (Phi) is 4.45. The summed E-state index contributed by atoms with van der Waals surface area (Å²) in [4.78, 5) is 17.4. The van der Waals surface area contributed by atoms with E-state index in [1.165, 1.54) is 0 Å². The fraction of sp³-hybridized carbons (Fsp3) is 0.0385.